The van der Waals surface area contributed by atoms with E-state index < -0.39 is 17.6 Å². The number of rotatable bonds is 3. The molecule has 2 amide bonds. The molecule has 0 saturated heterocycles. The molecular formula is C15H13FN2O2. The van der Waals surface area contributed by atoms with Crippen LogP contribution in [0.5, 0.6) is 0 Å². The Hall–Kier alpha value is -2.69. The van der Waals surface area contributed by atoms with Gasteiger partial charge in [0, 0.05) is 16.8 Å². The van der Waals surface area contributed by atoms with Crippen molar-refractivity contribution in [2.45, 2.75) is 6.92 Å². The third-order valence-electron chi connectivity index (χ3n) is 2.92. The Morgan fingerprint density at radius 2 is 1.85 bits per heavy atom. The van der Waals surface area contributed by atoms with Crippen LogP contribution in [-0.4, -0.2) is 11.8 Å². The van der Waals surface area contributed by atoms with Gasteiger partial charge in [0.05, 0.1) is 0 Å². The fourth-order valence-electron chi connectivity index (χ4n) is 1.80. The number of hydrogen-bond acceptors (Lipinski definition) is 2. The number of nitrogens with one attached hydrogen (secondary N) is 1. The van der Waals surface area contributed by atoms with E-state index in [2.05, 4.69) is 5.32 Å². The first kappa shape index (κ1) is 13.7. The summed E-state index contributed by atoms with van der Waals surface area (Å²) in [6.45, 7) is 1.53. The van der Waals surface area contributed by atoms with Crippen LogP contribution < -0.4 is 11.1 Å². The van der Waals surface area contributed by atoms with Crippen LogP contribution in [0.1, 0.15) is 26.3 Å². The van der Waals surface area contributed by atoms with Gasteiger partial charge in [-0.1, -0.05) is 12.1 Å². The molecule has 5 heteroatoms. The third kappa shape index (κ3) is 2.83. The summed E-state index contributed by atoms with van der Waals surface area (Å²) in [6, 6.07) is 10.5. The molecule has 0 bridgehead atoms. The fourth-order valence-corrected chi connectivity index (χ4v) is 1.80. The molecule has 0 aliphatic rings. The normalized spacial score (nSPS) is 10.1. The zero-order valence-corrected chi connectivity index (χ0v) is 10.8. The second kappa shape index (κ2) is 5.52. The summed E-state index contributed by atoms with van der Waals surface area (Å²) >= 11 is 0. The quantitative estimate of drug-likeness (QED) is 0.901. The van der Waals surface area contributed by atoms with Crippen molar-refractivity contribution in [3.05, 3.63) is 65.0 Å². The van der Waals surface area contributed by atoms with Crippen LogP contribution >= 0.6 is 0 Å². The van der Waals surface area contributed by atoms with Gasteiger partial charge in [0.25, 0.3) is 5.91 Å². The van der Waals surface area contributed by atoms with Gasteiger partial charge in [-0.2, -0.15) is 0 Å². The number of amides is 2. The van der Waals surface area contributed by atoms with Crippen molar-refractivity contribution >= 4 is 17.5 Å². The Bertz CT molecular complexity index is 683. The summed E-state index contributed by atoms with van der Waals surface area (Å²) in [5, 5.41) is 2.61. The fraction of sp³-hybridized carbons (Fsp3) is 0.0667. The number of nitrogens with two attached hydrogens (primary N) is 1. The maximum Gasteiger partial charge on any atom is 0.256 e. The first-order chi connectivity index (χ1) is 9.49. The highest BCUT2D eigenvalue weighted by Gasteiger charge is 2.12. The number of halogens is 1. The Morgan fingerprint density at radius 3 is 2.55 bits per heavy atom. The number of carbonyl (C=O) groups is 2. The van der Waals surface area contributed by atoms with Gasteiger partial charge in [0.15, 0.2) is 0 Å². The van der Waals surface area contributed by atoms with Crippen molar-refractivity contribution < 1.29 is 14.0 Å². The van der Waals surface area contributed by atoms with Crippen molar-refractivity contribution in [3.8, 4) is 0 Å². The Balaban J connectivity index is 2.26. The van der Waals surface area contributed by atoms with Crippen LogP contribution in [0.2, 0.25) is 0 Å². The minimum absolute atomic E-state index is 0.245. The van der Waals surface area contributed by atoms with E-state index in [4.69, 9.17) is 5.73 Å². The molecule has 0 fully saturated rings. The number of carbonyl (C=O) groups excluding carboxylic acids is 2. The molecule has 0 aromatic heterocycles. The van der Waals surface area contributed by atoms with Crippen molar-refractivity contribution in [1.82, 2.24) is 0 Å². The Labute approximate surface area is 115 Å². The predicted molar refractivity (Wildman–Crippen MR) is 74.1 cm³/mol. The molecule has 0 spiro atoms. The summed E-state index contributed by atoms with van der Waals surface area (Å²) in [6.07, 6.45) is 0. The largest absolute Gasteiger partial charge is 0.366 e. The maximum atomic E-state index is 13.4. The first-order valence-corrected chi connectivity index (χ1v) is 5.95. The van der Waals surface area contributed by atoms with Gasteiger partial charge in [-0.15, -0.1) is 0 Å². The van der Waals surface area contributed by atoms with Crippen LogP contribution in [-0.2, 0) is 0 Å². The molecule has 20 heavy (non-hydrogen) atoms. The molecule has 0 atom stereocenters. The van der Waals surface area contributed by atoms with Gasteiger partial charge in [-0.3, -0.25) is 9.59 Å². The highest BCUT2D eigenvalue weighted by atomic mass is 19.1. The molecule has 0 aliphatic heterocycles. The highest BCUT2D eigenvalue weighted by molar-refractivity contribution is 6.06. The molecule has 4 nitrogen and oxygen atoms in total. The SMILES string of the molecule is Cc1c(F)cccc1C(=O)Nc1cccc(C(N)=O)c1. The van der Waals surface area contributed by atoms with Gasteiger partial charge < -0.3 is 11.1 Å². The van der Waals surface area contributed by atoms with E-state index in [1.165, 1.54) is 31.2 Å². The number of anilines is 1. The van der Waals surface area contributed by atoms with Gasteiger partial charge in [0.2, 0.25) is 5.91 Å². The molecule has 0 radical (unpaired) electrons. The standard InChI is InChI=1S/C15H13FN2O2/c1-9-12(6-3-7-13(9)16)15(20)18-11-5-2-4-10(8-11)14(17)19/h2-8H,1H3,(H2,17,19)(H,18,20). The van der Waals surface area contributed by atoms with Gasteiger partial charge in [0.1, 0.15) is 5.82 Å². The first-order valence-electron chi connectivity index (χ1n) is 5.95. The number of benzene rings is 2. The lowest BCUT2D eigenvalue weighted by Gasteiger charge is -2.08. The third-order valence-corrected chi connectivity index (χ3v) is 2.92. The van der Waals surface area contributed by atoms with Crippen LogP contribution in [0, 0.1) is 12.7 Å². The summed E-state index contributed by atoms with van der Waals surface area (Å²) < 4.78 is 13.4. The van der Waals surface area contributed by atoms with Gasteiger partial charge in [-0.05, 0) is 42.8 Å². The minimum Gasteiger partial charge on any atom is -0.366 e. The predicted octanol–water partition coefficient (Wildman–Crippen LogP) is 2.49. The molecule has 0 heterocycles. The average molecular weight is 272 g/mol. The molecule has 0 aliphatic carbocycles. The smallest absolute Gasteiger partial charge is 0.256 e. The zero-order valence-electron chi connectivity index (χ0n) is 10.8. The lowest BCUT2D eigenvalue weighted by molar-refractivity contribution is 0.0996. The summed E-state index contributed by atoms with van der Waals surface area (Å²) in [4.78, 5) is 23.1. The second-order valence-electron chi connectivity index (χ2n) is 4.31. The number of primary amides is 1. The zero-order chi connectivity index (χ0) is 14.7. The lowest BCUT2D eigenvalue weighted by Crippen LogP contribution is -2.15. The molecular weight excluding hydrogens is 259 g/mol. The maximum absolute atomic E-state index is 13.4. The molecule has 0 saturated carbocycles. The van der Waals surface area contributed by atoms with Crippen molar-refractivity contribution in [3.63, 3.8) is 0 Å². The van der Waals surface area contributed by atoms with Gasteiger partial charge in [-0.25, -0.2) is 4.39 Å². The van der Waals surface area contributed by atoms with Crippen LogP contribution in [0.4, 0.5) is 10.1 Å². The second-order valence-corrected chi connectivity index (χ2v) is 4.31. The lowest BCUT2D eigenvalue weighted by atomic mass is 10.1. The van der Waals surface area contributed by atoms with Gasteiger partial charge >= 0.3 is 0 Å². The number of hydrogen-bond donors (Lipinski definition) is 2. The Morgan fingerprint density at radius 1 is 1.15 bits per heavy atom. The van der Waals surface area contributed by atoms with E-state index in [0.29, 0.717) is 11.3 Å². The van der Waals surface area contributed by atoms with Crippen molar-refractivity contribution in [2.75, 3.05) is 5.32 Å². The van der Waals surface area contributed by atoms with Crippen LogP contribution in [0.15, 0.2) is 42.5 Å². The van der Waals surface area contributed by atoms with Crippen molar-refractivity contribution in [1.29, 1.82) is 0 Å². The van der Waals surface area contributed by atoms with E-state index in [1.54, 1.807) is 18.2 Å². The Kier molecular flexibility index (Phi) is 3.79. The van der Waals surface area contributed by atoms with E-state index in [1.807, 2.05) is 0 Å². The molecule has 102 valence electrons. The molecule has 2 rings (SSSR count). The van der Waals surface area contributed by atoms with Crippen LogP contribution in [0.3, 0.4) is 0 Å². The molecule has 3 N–H and O–H groups in total. The minimum atomic E-state index is -0.581. The molecule has 0 unspecified atom stereocenters. The molecule has 2 aromatic carbocycles. The van der Waals surface area contributed by atoms with E-state index in [0.717, 1.165) is 0 Å². The van der Waals surface area contributed by atoms with E-state index in [9.17, 15) is 14.0 Å². The molecule has 2 aromatic rings. The summed E-state index contributed by atoms with van der Waals surface area (Å²) in [5.41, 5.74) is 6.40. The van der Waals surface area contributed by atoms with E-state index in [-0.39, 0.29) is 11.1 Å². The summed E-state index contributed by atoms with van der Waals surface area (Å²) in [5.74, 6) is -1.46. The monoisotopic (exact) mass is 272 g/mol. The van der Waals surface area contributed by atoms with Crippen LogP contribution in [0.25, 0.3) is 0 Å². The highest BCUT2D eigenvalue weighted by Crippen LogP contribution is 2.16. The van der Waals surface area contributed by atoms with Crippen molar-refractivity contribution in [2.24, 2.45) is 5.73 Å². The summed E-state index contributed by atoms with van der Waals surface area (Å²) in [7, 11) is 0. The topological polar surface area (TPSA) is 72.2 Å². The van der Waals surface area contributed by atoms with E-state index >= 15 is 0 Å². The average Bonchev–Trinajstić information content (AvgIpc) is 2.42.